The normalized spacial score (nSPS) is 21.3. The Balaban J connectivity index is 1.91. The number of ketones is 1. The highest BCUT2D eigenvalue weighted by Crippen LogP contribution is 2.55. The summed E-state index contributed by atoms with van der Waals surface area (Å²) in [4.78, 5) is 42.7. The van der Waals surface area contributed by atoms with E-state index < -0.39 is 17.3 Å². The van der Waals surface area contributed by atoms with Gasteiger partial charge in [0.15, 0.2) is 5.78 Å². The van der Waals surface area contributed by atoms with Crippen molar-refractivity contribution in [3.8, 4) is 0 Å². The first-order valence-corrected chi connectivity index (χ1v) is 12.1. The number of fused-ring (bicyclic) bond motifs is 3. The maximum atomic E-state index is 13.9. The summed E-state index contributed by atoms with van der Waals surface area (Å²) in [6.45, 7) is 3.62. The number of hydrogen-bond acceptors (Lipinski definition) is 6. The second kappa shape index (κ2) is 8.43. The quantitative estimate of drug-likeness (QED) is 0.576. The summed E-state index contributed by atoms with van der Waals surface area (Å²) in [6.07, 6.45) is 1.29. The number of nitrogens with zero attached hydrogens (tertiary/aromatic N) is 1. The summed E-state index contributed by atoms with van der Waals surface area (Å²) in [6, 6.07) is 10.3. The molecule has 180 valence electrons. The third-order valence-electron chi connectivity index (χ3n) is 6.65. The standard InChI is InChI=1S/C26H23Cl2N3O4/c1-3-35-24(33)22-23(29)31(16-11-14(27)10-15(28)12-16)19-5-4-6-20(32)21(19)26(22)17-9-13(2)7-8-18(17)30-25(26)34/h7-12H,3-6,29H2,1-2H3,(H,30,34). The monoisotopic (exact) mass is 511 g/mol. The van der Waals surface area contributed by atoms with E-state index in [1.165, 1.54) is 0 Å². The molecule has 2 aromatic rings. The average Bonchev–Trinajstić information content (AvgIpc) is 3.05. The highest BCUT2D eigenvalue weighted by atomic mass is 35.5. The van der Waals surface area contributed by atoms with Crippen LogP contribution < -0.4 is 16.0 Å². The van der Waals surface area contributed by atoms with Crippen molar-refractivity contribution >= 4 is 52.2 Å². The van der Waals surface area contributed by atoms with Crippen LogP contribution in [0.15, 0.2) is 59.1 Å². The maximum Gasteiger partial charge on any atom is 0.339 e. The molecule has 1 aliphatic carbocycles. The average molecular weight is 512 g/mol. The summed E-state index contributed by atoms with van der Waals surface area (Å²) < 4.78 is 5.41. The first kappa shape index (κ1) is 23.5. The molecule has 1 spiro atoms. The van der Waals surface area contributed by atoms with Gasteiger partial charge < -0.3 is 15.8 Å². The van der Waals surface area contributed by atoms with Crippen LogP contribution in [0.25, 0.3) is 0 Å². The number of Topliss-reactive ketones (excluding diaryl/α,β-unsaturated/α-hetero) is 1. The van der Waals surface area contributed by atoms with Gasteiger partial charge in [0, 0.05) is 39.0 Å². The van der Waals surface area contributed by atoms with Crippen molar-refractivity contribution < 1.29 is 19.1 Å². The van der Waals surface area contributed by atoms with Gasteiger partial charge in [-0.2, -0.15) is 0 Å². The van der Waals surface area contributed by atoms with Gasteiger partial charge >= 0.3 is 5.97 Å². The van der Waals surface area contributed by atoms with Gasteiger partial charge in [0.1, 0.15) is 16.8 Å². The lowest BCUT2D eigenvalue weighted by Crippen LogP contribution is -2.53. The number of carbonyl (C=O) groups excluding carboxylic acids is 3. The molecule has 0 radical (unpaired) electrons. The molecule has 0 fully saturated rings. The third kappa shape index (κ3) is 3.37. The summed E-state index contributed by atoms with van der Waals surface area (Å²) >= 11 is 12.6. The molecule has 9 heteroatoms. The maximum absolute atomic E-state index is 13.9. The molecular weight excluding hydrogens is 489 g/mol. The number of esters is 1. The summed E-state index contributed by atoms with van der Waals surface area (Å²) in [5.74, 6) is -1.49. The van der Waals surface area contributed by atoms with Crippen molar-refractivity contribution in [1.29, 1.82) is 0 Å². The lowest BCUT2D eigenvalue weighted by molar-refractivity contribution is -0.140. The van der Waals surface area contributed by atoms with Gasteiger partial charge in [-0.3, -0.25) is 14.5 Å². The Hall–Kier alpha value is -3.29. The molecule has 1 unspecified atom stereocenters. The summed E-state index contributed by atoms with van der Waals surface area (Å²) in [5, 5.41) is 3.60. The van der Waals surface area contributed by atoms with Crippen molar-refractivity contribution in [2.24, 2.45) is 5.73 Å². The molecule has 2 aromatic carbocycles. The Kier molecular flexibility index (Phi) is 5.65. The SMILES string of the molecule is CCOC(=O)C1=C(N)N(c2cc(Cl)cc(Cl)c2)C2=C(C(=O)CCC2)C12C(=O)Nc1ccc(C)cc12. The summed E-state index contributed by atoms with van der Waals surface area (Å²) in [5.41, 5.74) is 8.12. The number of nitrogens with two attached hydrogens (primary N) is 1. The highest BCUT2D eigenvalue weighted by molar-refractivity contribution is 6.35. The van der Waals surface area contributed by atoms with E-state index in [0.29, 0.717) is 45.5 Å². The molecule has 7 nitrogen and oxygen atoms in total. The molecule has 1 amide bonds. The zero-order valence-electron chi connectivity index (χ0n) is 19.2. The smallest absolute Gasteiger partial charge is 0.339 e. The van der Waals surface area contributed by atoms with Crippen molar-refractivity contribution in [3.05, 3.63) is 80.2 Å². The molecule has 2 aliphatic heterocycles. The van der Waals surface area contributed by atoms with Crippen molar-refractivity contribution in [1.82, 2.24) is 0 Å². The van der Waals surface area contributed by atoms with E-state index in [2.05, 4.69) is 5.32 Å². The van der Waals surface area contributed by atoms with E-state index in [0.717, 1.165) is 5.56 Å². The first-order chi connectivity index (χ1) is 16.7. The second-order valence-electron chi connectivity index (χ2n) is 8.80. The largest absolute Gasteiger partial charge is 0.462 e. The van der Waals surface area contributed by atoms with E-state index in [9.17, 15) is 14.4 Å². The van der Waals surface area contributed by atoms with Crippen molar-refractivity contribution in [3.63, 3.8) is 0 Å². The number of halogens is 2. The number of amides is 1. The minimum absolute atomic E-state index is 0.000241. The topological polar surface area (TPSA) is 102 Å². The number of allylic oxidation sites excluding steroid dienone is 1. The number of anilines is 2. The predicted molar refractivity (Wildman–Crippen MR) is 134 cm³/mol. The number of carbonyl (C=O) groups is 3. The zero-order valence-corrected chi connectivity index (χ0v) is 20.7. The lowest BCUT2D eigenvalue weighted by atomic mass is 9.63. The molecular formula is C26H23Cl2N3O4. The predicted octanol–water partition coefficient (Wildman–Crippen LogP) is 4.75. The highest BCUT2D eigenvalue weighted by Gasteiger charge is 2.62. The first-order valence-electron chi connectivity index (χ1n) is 11.3. The van der Waals surface area contributed by atoms with Gasteiger partial charge in [0.2, 0.25) is 5.91 Å². The van der Waals surface area contributed by atoms with E-state index in [1.807, 2.05) is 19.1 Å². The van der Waals surface area contributed by atoms with Crippen LogP contribution in [-0.4, -0.2) is 24.3 Å². The number of ether oxygens (including phenoxy) is 1. The molecule has 1 atom stereocenters. The molecule has 3 N–H and O–H groups in total. The molecule has 0 saturated heterocycles. The van der Waals surface area contributed by atoms with Crippen LogP contribution in [0, 0.1) is 6.92 Å². The Morgan fingerprint density at radius 1 is 1.14 bits per heavy atom. The van der Waals surface area contributed by atoms with Crippen molar-refractivity contribution in [2.45, 2.75) is 38.5 Å². The fourth-order valence-electron chi connectivity index (χ4n) is 5.39. The van der Waals surface area contributed by atoms with Crippen LogP contribution >= 0.6 is 23.2 Å². The Morgan fingerprint density at radius 3 is 2.54 bits per heavy atom. The van der Waals surface area contributed by atoms with Crippen LogP contribution in [0.5, 0.6) is 0 Å². The Labute approximate surface area is 212 Å². The molecule has 0 aromatic heterocycles. The molecule has 35 heavy (non-hydrogen) atoms. The number of benzene rings is 2. The number of rotatable bonds is 3. The van der Waals surface area contributed by atoms with Gasteiger partial charge in [-0.1, -0.05) is 40.9 Å². The zero-order chi connectivity index (χ0) is 25.1. The molecule has 5 rings (SSSR count). The van der Waals surface area contributed by atoms with E-state index >= 15 is 0 Å². The number of nitrogens with one attached hydrogen (secondary N) is 1. The van der Waals surface area contributed by atoms with Crippen molar-refractivity contribution in [2.75, 3.05) is 16.8 Å². The lowest BCUT2D eigenvalue weighted by Gasteiger charge is -2.44. The molecule has 0 saturated carbocycles. The molecule has 2 heterocycles. The Bertz CT molecular complexity index is 1360. The minimum atomic E-state index is -1.72. The van der Waals surface area contributed by atoms with Crippen LogP contribution in [0.2, 0.25) is 10.0 Å². The van der Waals surface area contributed by atoms with Gasteiger partial charge in [-0.25, -0.2) is 4.79 Å². The van der Waals surface area contributed by atoms with Crippen LogP contribution in [0.4, 0.5) is 11.4 Å². The second-order valence-corrected chi connectivity index (χ2v) is 9.67. The van der Waals surface area contributed by atoms with Crippen LogP contribution in [-0.2, 0) is 24.5 Å². The fraction of sp³-hybridized carbons (Fsp3) is 0.269. The van der Waals surface area contributed by atoms with Gasteiger partial charge in [0.05, 0.1) is 12.3 Å². The number of aryl methyl sites for hydroxylation is 1. The fourth-order valence-corrected chi connectivity index (χ4v) is 5.90. The number of hydrogen-bond donors (Lipinski definition) is 2. The molecule has 0 bridgehead atoms. The summed E-state index contributed by atoms with van der Waals surface area (Å²) in [7, 11) is 0. The van der Waals surface area contributed by atoms with E-state index in [-0.39, 0.29) is 35.8 Å². The van der Waals surface area contributed by atoms with Crippen LogP contribution in [0.1, 0.15) is 37.3 Å². The minimum Gasteiger partial charge on any atom is -0.462 e. The van der Waals surface area contributed by atoms with Crippen LogP contribution in [0.3, 0.4) is 0 Å². The molecule has 3 aliphatic rings. The third-order valence-corrected chi connectivity index (χ3v) is 7.09. The van der Waals surface area contributed by atoms with Gasteiger partial charge in [-0.15, -0.1) is 0 Å². The van der Waals surface area contributed by atoms with Gasteiger partial charge in [-0.05, 0) is 51.0 Å². The van der Waals surface area contributed by atoms with E-state index in [1.54, 1.807) is 36.1 Å². The van der Waals surface area contributed by atoms with Gasteiger partial charge in [0.25, 0.3) is 0 Å². The van der Waals surface area contributed by atoms with E-state index in [4.69, 9.17) is 33.7 Å². The Morgan fingerprint density at radius 2 is 1.86 bits per heavy atom.